The quantitative estimate of drug-likeness (QED) is 0.389. The highest BCUT2D eigenvalue weighted by Gasteiger charge is 2.51. The van der Waals surface area contributed by atoms with Gasteiger partial charge >= 0.3 is 5.66 Å². The first-order chi connectivity index (χ1) is 7.34. The summed E-state index contributed by atoms with van der Waals surface area (Å²) in [6, 6.07) is 0. The number of hydrogen-bond donors (Lipinski definition) is 2. The van der Waals surface area contributed by atoms with Gasteiger partial charge < -0.3 is 0 Å². The van der Waals surface area contributed by atoms with Gasteiger partial charge in [0.05, 0.1) is 0 Å². The molecule has 0 amide bonds. The van der Waals surface area contributed by atoms with Crippen molar-refractivity contribution in [2.75, 3.05) is 6.54 Å². The molecule has 0 aromatic rings. The van der Waals surface area contributed by atoms with E-state index in [2.05, 4.69) is 4.72 Å². The molecule has 2 atom stereocenters. The Morgan fingerprint density at radius 2 is 2.19 bits per heavy atom. The first-order valence-corrected chi connectivity index (χ1v) is 6.17. The third-order valence-corrected chi connectivity index (χ3v) is 4.11. The number of rotatable bonds is 4. The molecule has 1 aliphatic carbocycles. The van der Waals surface area contributed by atoms with E-state index in [-0.39, 0.29) is 6.54 Å². The molecule has 0 saturated heterocycles. The van der Waals surface area contributed by atoms with E-state index in [1.807, 2.05) is 0 Å². The second kappa shape index (κ2) is 4.32. The van der Waals surface area contributed by atoms with Crippen molar-refractivity contribution in [3.8, 4) is 0 Å². The molecule has 0 fully saturated rings. The molecule has 0 aliphatic heterocycles. The Balaban J connectivity index is 3.17. The van der Waals surface area contributed by atoms with Crippen molar-refractivity contribution in [3.05, 3.63) is 34.4 Å². The van der Waals surface area contributed by atoms with Crippen molar-refractivity contribution in [2.24, 2.45) is 5.73 Å². The largest absolute Gasteiger partial charge is 0.313 e. The van der Waals surface area contributed by atoms with Crippen LogP contribution in [0.2, 0.25) is 0 Å². The molecule has 90 valence electrons. The summed E-state index contributed by atoms with van der Waals surface area (Å²) in [4.78, 5) is 10.0. The van der Waals surface area contributed by atoms with E-state index in [9.17, 15) is 18.5 Å². The Bertz CT molecular complexity index is 442. The summed E-state index contributed by atoms with van der Waals surface area (Å²) in [6.45, 7) is 1.74. The van der Waals surface area contributed by atoms with Crippen molar-refractivity contribution in [1.82, 2.24) is 4.72 Å². The van der Waals surface area contributed by atoms with Crippen LogP contribution in [0, 0.1) is 10.1 Å². The van der Waals surface area contributed by atoms with Crippen LogP contribution in [0.1, 0.15) is 6.92 Å². The van der Waals surface area contributed by atoms with Crippen LogP contribution in [-0.2, 0) is 10.0 Å². The smallest absolute Gasteiger partial charge is 0.262 e. The number of hydrogen-bond acceptors (Lipinski definition) is 5. The molecule has 1 aliphatic rings. The first kappa shape index (κ1) is 12.8. The average Bonchev–Trinajstić information content (AvgIpc) is 2.17. The average molecular weight is 247 g/mol. The topological polar surface area (TPSA) is 115 Å². The summed E-state index contributed by atoms with van der Waals surface area (Å²) in [5, 5.41) is 9.44. The van der Waals surface area contributed by atoms with Crippen LogP contribution >= 0.6 is 0 Å². The summed E-state index contributed by atoms with van der Waals surface area (Å²) in [5.41, 5.74) is 3.39. The minimum Gasteiger partial charge on any atom is -0.262 e. The molecule has 7 nitrogen and oxygen atoms in total. The van der Waals surface area contributed by atoms with Gasteiger partial charge in [0, 0.05) is 17.5 Å². The Labute approximate surface area is 93.2 Å². The summed E-state index contributed by atoms with van der Waals surface area (Å²) in [6.07, 6.45) is 5.07. The van der Waals surface area contributed by atoms with Gasteiger partial charge in [0.1, 0.15) is 0 Å². The zero-order valence-electron chi connectivity index (χ0n) is 8.66. The van der Waals surface area contributed by atoms with Gasteiger partial charge in [0.15, 0.2) is 5.25 Å². The minimum atomic E-state index is -3.84. The minimum absolute atomic E-state index is 0.157. The summed E-state index contributed by atoms with van der Waals surface area (Å²) >= 11 is 0. The summed E-state index contributed by atoms with van der Waals surface area (Å²) in [5.74, 6) is 0. The number of allylic oxidation sites excluding steroid dienone is 2. The maximum absolute atomic E-state index is 11.7. The van der Waals surface area contributed by atoms with Crippen molar-refractivity contribution in [3.63, 3.8) is 0 Å². The van der Waals surface area contributed by atoms with Crippen LogP contribution in [0.15, 0.2) is 24.3 Å². The maximum Gasteiger partial charge on any atom is 0.313 e. The lowest BCUT2D eigenvalue weighted by molar-refractivity contribution is -0.552. The van der Waals surface area contributed by atoms with E-state index in [0.29, 0.717) is 0 Å². The van der Waals surface area contributed by atoms with Crippen LogP contribution in [0.4, 0.5) is 0 Å². The number of nitrogens with zero attached hydrogens (tertiary/aromatic N) is 1. The van der Waals surface area contributed by atoms with Gasteiger partial charge in [-0.1, -0.05) is 25.2 Å². The fraction of sp³-hybridized carbons (Fsp3) is 0.500. The van der Waals surface area contributed by atoms with Crippen LogP contribution < -0.4 is 10.5 Å². The molecule has 8 heteroatoms. The van der Waals surface area contributed by atoms with Gasteiger partial charge in [0.25, 0.3) is 0 Å². The SMILES string of the molecule is CCNS(=O)(=O)C1C=CC=CC1(N)[N+](=O)[O-]. The Morgan fingerprint density at radius 1 is 1.56 bits per heavy atom. The van der Waals surface area contributed by atoms with Crippen molar-refractivity contribution in [1.29, 1.82) is 0 Å². The lowest BCUT2D eigenvalue weighted by atomic mass is 10.0. The lowest BCUT2D eigenvalue weighted by Crippen LogP contribution is -2.60. The third-order valence-electron chi connectivity index (χ3n) is 2.21. The van der Waals surface area contributed by atoms with Gasteiger partial charge in [-0.2, -0.15) is 0 Å². The fourth-order valence-corrected chi connectivity index (χ4v) is 2.97. The molecule has 2 unspecified atom stereocenters. The van der Waals surface area contributed by atoms with E-state index >= 15 is 0 Å². The van der Waals surface area contributed by atoms with Gasteiger partial charge in [-0.05, 0) is 0 Å². The van der Waals surface area contributed by atoms with Crippen molar-refractivity contribution in [2.45, 2.75) is 17.8 Å². The van der Waals surface area contributed by atoms with Gasteiger partial charge in [-0.3, -0.25) is 15.8 Å². The highest BCUT2D eigenvalue weighted by molar-refractivity contribution is 7.90. The lowest BCUT2D eigenvalue weighted by Gasteiger charge is -2.26. The van der Waals surface area contributed by atoms with E-state index in [4.69, 9.17) is 5.73 Å². The molecular weight excluding hydrogens is 234 g/mol. The normalized spacial score (nSPS) is 29.2. The Morgan fingerprint density at radius 3 is 2.69 bits per heavy atom. The van der Waals surface area contributed by atoms with E-state index in [1.54, 1.807) is 6.92 Å². The van der Waals surface area contributed by atoms with Crippen molar-refractivity contribution < 1.29 is 13.3 Å². The highest BCUT2D eigenvalue weighted by Crippen LogP contribution is 2.22. The van der Waals surface area contributed by atoms with Crippen LogP contribution in [0.25, 0.3) is 0 Å². The third kappa shape index (κ3) is 2.13. The molecule has 1 rings (SSSR count). The predicted octanol–water partition coefficient (Wildman–Crippen LogP) is -0.648. The number of nitrogens with one attached hydrogen (secondary N) is 1. The van der Waals surface area contributed by atoms with Crippen LogP contribution in [0.3, 0.4) is 0 Å². The number of sulfonamides is 1. The zero-order valence-corrected chi connectivity index (χ0v) is 9.48. The molecule has 0 heterocycles. The van der Waals surface area contributed by atoms with E-state index in [1.165, 1.54) is 18.2 Å². The van der Waals surface area contributed by atoms with Crippen molar-refractivity contribution >= 4 is 10.0 Å². The van der Waals surface area contributed by atoms with Gasteiger partial charge in [-0.25, -0.2) is 13.1 Å². The van der Waals surface area contributed by atoms with Crippen LogP contribution in [0.5, 0.6) is 0 Å². The van der Waals surface area contributed by atoms with Gasteiger partial charge in [0.2, 0.25) is 10.0 Å². The molecule has 0 spiro atoms. The van der Waals surface area contributed by atoms with E-state index in [0.717, 1.165) is 6.08 Å². The molecule has 0 aromatic carbocycles. The zero-order chi connectivity index (χ0) is 12.4. The molecular formula is C8H13N3O4S. The molecule has 0 radical (unpaired) electrons. The Hall–Kier alpha value is -1.25. The number of nitrogens with two attached hydrogens (primary N) is 1. The van der Waals surface area contributed by atoms with E-state index < -0.39 is 25.9 Å². The summed E-state index contributed by atoms with van der Waals surface area (Å²) in [7, 11) is -3.84. The Kier molecular flexibility index (Phi) is 3.46. The van der Waals surface area contributed by atoms with Crippen LogP contribution in [-0.4, -0.2) is 30.8 Å². The molecule has 0 bridgehead atoms. The molecule has 0 saturated carbocycles. The highest BCUT2D eigenvalue weighted by atomic mass is 32.2. The molecule has 3 N–H and O–H groups in total. The molecule has 0 aromatic heterocycles. The second-order valence-electron chi connectivity index (χ2n) is 3.35. The first-order valence-electron chi connectivity index (χ1n) is 4.62. The fourth-order valence-electron chi connectivity index (χ4n) is 1.43. The standard InChI is InChI=1S/C8H13N3O4S/c1-2-10-16(14,15)7-5-3-4-6-8(7,9)11(12)13/h3-7,10H,2,9H2,1H3. The maximum atomic E-state index is 11.7. The monoisotopic (exact) mass is 247 g/mol. The summed E-state index contributed by atoms with van der Waals surface area (Å²) < 4.78 is 25.7. The number of nitro groups is 1. The predicted molar refractivity (Wildman–Crippen MR) is 58.6 cm³/mol. The van der Waals surface area contributed by atoms with Gasteiger partial charge in [-0.15, -0.1) is 0 Å². The molecule has 16 heavy (non-hydrogen) atoms. The second-order valence-corrected chi connectivity index (χ2v) is 5.24.